The van der Waals surface area contributed by atoms with Gasteiger partial charge in [-0.1, -0.05) is 42.5 Å². The molecule has 0 aromatic heterocycles. The van der Waals surface area contributed by atoms with Crippen LogP contribution in [0.5, 0.6) is 17.2 Å². The molecule has 8 nitrogen and oxygen atoms in total. The Balaban J connectivity index is 1.88. The summed E-state index contributed by atoms with van der Waals surface area (Å²) in [6.45, 7) is -0.271. The van der Waals surface area contributed by atoms with Crippen LogP contribution in [0.15, 0.2) is 66.7 Å². The van der Waals surface area contributed by atoms with Crippen LogP contribution in [0.1, 0.15) is 28.2 Å². The maximum atomic E-state index is 13.3. The number of nitrogens with one attached hydrogen (secondary N) is 1. The van der Waals surface area contributed by atoms with Crippen LogP contribution in [0.4, 0.5) is 0 Å². The van der Waals surface area contributed by atoms with Gasteiger partial charge in [-0.2, -0.15) is 0 Å². The van der Waals surface area contributed by atoms with Crippen molar-refractivity contribution in [3.8, 4) is 17.2 Å². The predicted molar refractivity (Wildman–Crippen MR) is 131 cm³/mol. The van der Waals surface area contributed by atoms with Crippen LogP contribution in [0, 0.1) is 5.92 Å². The normalized spacial score (nSPS) is 28.1. The Morgan fingerprint density at radius 2 is 1.75 bits per heavy atom. The fraction of sp³-hybridized carbons (Fsp3) is 0.321. The van der Waals surface area contributed by atoms with Crippen LogP contribution in [-0.4, -0.2) is 48.6 Å². The van der Waals surface area contributed by atoms with Gasteiger partial charge in [0.05, 0.1) is 32.3 Å². The first-order chi connectivity index (χ1) is 17.4. The van der Waals surface area contributed by atoms with E-state index in [1.54, 1.807) is 43.5 Å². The second-order valence-corrected chi connectivity index (χ2v) is 9.14. The largest absolute Gasteiger partial charge is 0.497 e. The van der Waals surface area contributed by atoms with Crippen LogP contribution in [0.3, 0.4) is 0 Å². The van der Waals surface area contributed by atoms with Crippen LogP contribution in [0.25, 0.3) is 0 Å². The molecule has 0 unspecified atom stereocenters. The zero-order chi connectivity index (χ0) is 25.7. The van der Waals surface area contributed by atoms with Gasteiger partial charge in [-0.15, -0.1) is 0 Å². The fourth-order valence-electron chi connectivity index (χ4n) is 6.01. The molecule has 2 aliphatic rings. The molecule has 1 amide bonds. The molecule has 1 aliphatic heterocycles. The number of amides is 1. The fourth-order valence-corrected chi connectivity index (χ4v) is 6.01. The van der Waals surface area contributed by atoms with Crippen LogP contribution in [0.2, 0.25) is 0 Å². The standard InChI is InChI=1S/C28H29NO7/c1-29-26(32)22-23(17-7-5-4-6-8-17)28(18-9-11-19(34-2)12-10-18)27(33,25(22)31)24-20(35-3)13-16(15-30)14-21(24)36-28/h4-14,22-23,25,30-31,33H,15H2,1-3H3,(H,29,32)/t22-,23-,25-,27+,28+/m1/s1. The van der Waals surface area contributed by atoms with Crippen molar-refractivity contribution >= 4 is 5.91 Å². The van der Waals surface area contributed by atoms with Crippen LogP contribution < -0.4 is 19.5 Å². The molecule has 0 bridgehead atoms. The summed E-state index contributed by atoms with van der Waals surface area (Å²) in [5.41, 5.74) is -1.67. The Morgan fingerprint density at radius 1 is 1.06 bits per heavy atom. The maximum absolute atomic E-state index is 13.3. The number of hydrogen-bond donors (Lipinski definition) is 4. The SMILES string of the molecule is CNC(=O)[C@H]1[C@@H](O)[C@@]2(O)c3c(OC)cc(CO)cc3O[C@@]2(c2ccc(OC)cc2)[C@@H]1c1ccccc1. The van der Waals surface area contributed by atoms with Gasteiger partial charge in [0, 0.05) is 13.0 Å². The van der Waals surface area contributed by atoms with E-state index in [1.165, 1.54) is 14.2 Å². The number of hydrogen-bond acceptors (Lipinski definition) is 7. The highest BCUT2D eigenvalue weighted by Crippen LogP contribution is 2.70. The molecule has 36 heavy (non-hydrogen) atoms. The van der Waals surface area contributed by atoms with Crippen LogP contribution in [-0.2, 0) is 22.6 Å². The molecule has 1 aliphatic carbocycles. The Kier molecular flexibility index (Phi) is 5.90. The lowest BCUT2D eigenvalue weighted by molar-refractivity contribution is -0.154. The van der Waals surface area contributed by atoms with Crippen molar-refractivity contribution in [2.45, 2.75) is 29.8 Å². The molecule has 0 radical (unpaired) electrons. The third-order valence-corrected chi connectivity index (χ3v) is 7.54. The summed E-state index contributed by atoms with van der Waals surface area (Å²) in [7, 11) is 4.50. The summed E-state index contributed by atoms with van der Waals surface area (Å²) < 4.78 is 17.7. The van der Waals surface area contributed by atoms with E-state index >= 15 is 0 Å². The van der Waals surface area contributed by atoms with Crippen molar-refractivity contribution in [1.82, 2.24) is 5.32 Å². The first-order valence-electron chi connectivity index (χ1n) is 11.7. The van der Waals surface area contributed by atoms with E-state index in [0.29, 0.717) is 22.4 Å². The zero-order valence-electron chi connectivity index (χ0n) is 20.3. The Labute approximate surface area is 209 Å². The second-order valence-electron chi connectivity index (χ2n) is 9.14. The van der Waals surface area contributed by atoms with Gasteiger partial charge in [0.2, 0.25) is 5.91 Å². The molecule has 0 saturated heterocycles. The molecule has 1 heterocycles. The highest BCUT2D eigenvalue weighted by atomic mass is 16.5. The lowest BCUT2D eigenvalue weighted by Gasteiger charge is -2.40. The maximum Gasteiger partial charge on any atom is 0.226 e. The number of rotatable bonds is 6. The first-order valence-corrected chi connectivity index (χ1v) is 11.7. The number of ether oxygens (including phenoxy) is 3. The third kappa shape index (κ3) is 3.08. The van der Waals surface area contributed by atoms with Crippen molar-refractivity contribution in [2.24, 2.45) is 5.92 Å². The molecule has 5 rings (SSSR count). The molecule has 1 fully saturated rings. The van der Waals surface area contributed by atoms with E-state index in [4.69, 9.17) is 14.2 Å². The number of fused-ring (bicyclic) bond motifs is 3. The number of carbonyl (C=O) groups excluding carboxylic acids is 1. The summed E-state index contributed by atoms with van der Waals surface area (Å²) in [5, 5.41) is 37.0. The average Bonchev–Trinajstić information content (AvgIpc) is 3.30. The minimum absolute atomic E-state index is 0.234. The molecular weight excluding hydrogens is 462 g/mol. The molecule has 188 valence electrons. The van der Waals surface area contributed by atoms with Crippen molar-refractivity contribution < 1.29 is 34.3 Å². The van der Waals surface area contributed by atoms with Gasteiger partial charge in [-0.3, -0.25) is 4.79 Å². The van der Waals surface area contributed by atoms with Gasteiger partial charge >= 0.3 is 0 Å². The zero-order valence-corrected chi connectivity index (χ0v) is 20.3. The smallest absolute Gasteiger partial charge is 0.226 e. The predicted octanol–water partition coefficient (Wildman–Crippen LogP) is 2.19. The van der Waals surface area contributed by atoms with Gasteiger partial charge in [-0.05, 0) is 41.0 Å². The molecular formula is C28H29NO7. The number of methoxy groups -OCH3 is 2. The van der Waals surface area contributed by atoms with E-state index in [0.717, 1.165) is 0 Å². The van der Waals surface area contributed by atoms with Gasteiger partial charge < -0.3 is 34.8 Å². The number of carbonyl (C=O) groups is 1. The van der Waals surface area contributed by atoms with Gasteiger partial charge in [0.15, 0.2) is 11.2 Å². The minimum Gasteiger partial charge on any atom is -0.497 e. The van der Waals surface area contributed by atoms with Crippen molar-refractivity contribution in [1.29, 1.82) is 0 Å². The summed E-state index contributed by atoms with van der Waals surface area (Å²) in [6, 6.07) is 19.5. The van der Waals surface area contributed by atoms with Gasteiger partial charge in [0.25, 0.3) is 0 Å². The van der Waals surface area contributed by atoms with Crippen molar-refractivity contribution in [3.63, 3.8) is 0 Å². The highest BCUT2D eigenvalue weighted by molar-refractivity contribution is 5.83. The van der Waals surface area contributed by atoms with Crippen molar-refractivity contribution in [3.05, 3.63) is 89.0 Å². The number of aliphatic hydroxyl groups excluding tert-OH is 2. The van der Waals surface area contributed by atoms with E-state index in [-0.39, 0.29) is 23.7 Å². The molecule has 3 aromatic carbocycles. The van der Waals surface area contributed by atoms with Crippen LogP contribution >= 0.6 is 0 Å². The first kappa shape index (κ1) is 24.1. The van der Waals surface area contributed by atoms with Gasteiger partial charge in [0.1, 0.15) is 23.4 Å². The number of aliphatic hydroxyl groups is 3. The lowest BCUT2D eigenvalue weighted by atomic mass is 9.70. The molecule has 3 aromatic rings. The molecule has 0 spiro atoms. The Bertz CT molecular complexity index is 1280. The van der Waals surface area contributed by atoms with E-state index in [1.807, 2.05) is 30.3 Å². The monoisotopic (exact) mass is 491 g/mol. The summed E-state index contributed by atoms with van der Waals surface area (Å²) in [4.78, 5) is 13.3. The van der Waals surface area contributed by atoms with E-state index < -0.39 is 35.0 Å². The molecule has 5 atom stereocenters. The summed E-state index contributed by atoms with van der Waals surface area (Å²) in [5.74, 6) is -1.15. The van der Waals surface area contributed by atoms with Gasteiger partial charge in [-0.25, -0.2) is 0 Å². The number of benzene rings is 3. The molecule has 8 heteroatoms. The lowest BCUT2D eigenvalue weighted by Crippen LogP contribution is -2.52. The average molecular weight is 492 g/mol. The molecule has 1 saturated carbocycles. The van der Waals surface area contributed by atoms with E-state index in [9.17, 15) is 20.1 Å². The summed E-state index contributed by atoms with van der Waals surface area (Å²) in [6.07, 6.45) is -1.56. The van der Waals surface area contributed by atoms with E-state index in [2.05, 4.69) is 5.32 Å². The topological polar surface area (TPSA) is 117 Å². The minimum atomic E-state index is -2.08. The Hall–Kier alpha value is -3.59. The second kappa shape index (κ2) is 8.81. The van der Waals surface area contributed by atoms with Crippen molar-refractivity contribution in [2.75, 3.05) is 21.3 Å². The Morgan fingerprint density at radius 3 is 2.33 bits per heavy atom. The summed E-state index contributed by atoms with van der Waals surface area (Å²) >= 11 is 0. The quantitative estimate of drug-likeness (QED) is 0.418. The third-order valence-electron chi connectivity index (χ3n) is 7.54. The highest BCUT2D eigenvalue weighted by Gasteiger charge is 2.78. The molecule has 4 N–H and O–H groups in total.